The van der Waals surface area contributed by atoms with Crippen molar-refractivity contribution < 1.29 is 22.8 Å². The predicted octanol–water partition coefficient (Wildman–Crippen LogP) is 4.45. The van der Waals surface area contributed by atoms with Crippen LogP contribution >= 0.6 is 0 Å². The van der Waals surface area contributed by atoms with E-state index in [0.717, 1.165) is 23.4 Å². The summed E-state index contributed by atoms with van der Waals surface area (Å²) >= 11 is 0. The molecule has 3 rings (SSSR count). The van der Waals surface area contributed by atoms with Crippen LogP contribution in [0.3, 0.4) is 0 Å². The maximum absolute atomic E-state index is 12.9. The van der Waals surface area contributed by atoms with Crippen molar-refractivity contribution >= 4 is 17.5 Å². The van der Waals surface area contributed by atoms with E-state index < -0.39 is 29.1 Å². The molecule has 0 radical (unpaired) electrons. The second-order valence-electron chi connectivity index (χ2n) is 7.54. The lowest BCUT2D eigenvalue weighted by Crippen LogP contribution is -2.33. The summed E-state index contributed by atoms with van der Waals surface area (Å²) in [5.41, 5.74) is 0.713. The van der Waals surface area contributed by atoms with Crippen molar-refractivity contribution in [3.63, 3.8) is 0 Å². The number of nitrogens with zero attached hydrogens (tertiary/aromatic N) is 1. The minimum Gasteiger partial charge on any atom is -0.346 e. The predicted molar refractivity (Wildman–Crippen MR) is 100 cm³/mol. The van der Waals surface area contributed by atoms with Gasteiger partial charge in [0.25, 0.3) is 5.91 Å². The monoisotopic (exact) mass is 390 g/mol. The molecule has 0 spiro atoms. The molecule has 0 aromatic heterocycles. The van der Waals surface area contributed by atoms with Gasteiger partial charge in [-0.2, -0.15) is 13.2 Å². The summed E-state index contributed by atoms with van der Waals surface area (Å²) in [5, 5.41) is 2.73. The summed E-state index contributed by atoms with van der Waals surface area (Å²) in [6.07, 6.45) is -4.44. The van der Waals surface area contributed by atoms with Gasteiger partial charge in [-0.3, -0.25) is 9.59 Å². The Hall–Kier alpha value is -2.83. The smallest absolute Gasteiger partial charge is 0.346 e. The Morgan fingerprint density at radius 2 is 1.82 bits per heavy atom. The first-order chi connectivity index (χ1) is 12.9. The van der Waals surface area contributed by atoms with Gasteiger partial charge >= 0.3 is 6.18 Å². The van der Waals surface area contributed by atoms with Crippen LogP contribution in [-0.2, 0) is 16.4 Å². The van der Waals surface area contributed by atoms with Crippen LogP contribution < -0.4 is 10.2 Å². The second kappa shape index (κ2) is 6.65. The number of alkyl halides is 3. The number of hydrogen-bond acceptors (Lipinski definition) is 2. The van der Waals surface area contributed by atoms with Gasteiger partial charge in [0, 0.05) is 18.3 Å². The van der Waals surface area contributed by atoms with E-state index in [1.54, 1.807) is 57.0 Å². The summed E-state index contributed by atoms with van der Waals surface area (Å²) in [6.45, 7) is 5.22. The van der Waals surface area contributed by atoms with E-state index in [4.69, 9.17) is 0 Å². The molecule has 2 aromatic rings. The molecule has 1 atom stereocenters. The average molecular weight is 390 g/mol. The van der Waals surface area contributed by atoms with Crippen molar-refractivity contribution in [3.8, 4) is 0 Å². The quantitative estimate of drug-likeness (QED) is 0.842. The van der Waals surface area contributed by atoms with Crippen molar-refractivity contribution in [1.29, 1.82) is 0 Å². The SMILES string of the molecule is CC(NC(=O)c1ccc2c(c1)C(C)(C)C(=O)N2C)c1cccc(C(F)(F)F)c1. The van der Waals surface area contributed by atoms with Crippen molar-refractivity contribution in [3.05, 3.63) is 64.7 Å². The topological polar surface area (TPSA) is 49.4 Å². The van der Waals surface area contributed by atoms with Crippen LogP contribution in [0.15, 0.2) is 42.5 Å². The van der Waals surface area contributed by atoms with Crippen LogP contribution in [0.5, 0.6) is 0 Å². The first-order valence-electron chi connectivity index (χ1n) is 8.83. The van der Waals surface area contributed by atoms with Gasteiger partial charge in [-0.05, 0) is 62.2 Å². The third kappa shape index (κ3) is 3.37. The van der Waals surface area contributed by atoms with Crippen molar-refractivity contribution in [2.24, 2.45) is 0 Å². The van der Waals surface area contributed by atoms with Crippen LogP contribution in [0, 0.1) is 0 Å². The molecular formula is C21H21F3N2O2. The fourth-order valence-corrected chi connectivity index (χ4v) is 3.46. The van der Waals surface area contributed by atoms with Gasteiger partial charge < -0.3 is 10.2 Å². The number of amides is 2. The zero-order valence-corrected chi connectivity index (χ0v) is 16.0. The molecule has 1 aliphatic rings. The lowest BCUT2D eigenvalue weighted by Gasteiger charge is -2.18. The molecule has 148 valence electrons. The minimum absolute atomic E-state index is 0.0580. The Morgan fingerprint density at radius 3 is 2.46 bits per heavy atom. The minimum atomic E-state index is -4.44. The molecule has 1 N–H and O–H groups in total. The number of fused-ring (bicyclic) bond motifs is 1. The van der Waals surface area contributed by atoms with Gasteiger partial charge in [-0.1, -0.05) is 12.1 Å². The number of benzene rings is 2. The van der Waals surface area contributed by atoms with Crippen LogP contribution in [0.2, 0.25) is 0 Å². The molecule has 1 heterocycles. The highest BCUT2D eigenvalue weighted by molar-refractivity contribution is 6.08. The molecular weight excluding hydrogens is 369 g/mol. The normalized spacial score (nSPS) is 16.7. The molecule has 2 aromatic carbocycles. The fraction of sp³-hybridized carbons (Fsp3) is 0.333. The number of likely N-dealkylation sites (N-methyl/N-ethyl adjacent to an activating group) is 1. The molecule has 0 fully saturated rings. The molecule has 7 heteroatoms. The maximum Gasteiger partial charge on any atom is 0.416 e. The summed E-state index contributed by atoms with van der Waals surface area (Å²) in [5.74, 6) is -0.470. The largest absolute Gasteiger partial charge is 0.416 e. The highest BCUT2D eigenvalue weighted by Crippen LogP contribution is 2.41. The lowest BCUT2D eigenvalue weighted by molar-refractivity contribution is -0.137. The molecule has 4 nitrogen and oxygen atoms in total. The first kappa shape index (κ1) is 19.9. The standard InChI is InChI=1S/C21H21F3N2O2/c1-12(13-6-5-7-15(10-13)21(22,23)24)25-18(27)14-8-9-17-16(11-14)20(2,3)19(28)26(17)4/h5-12H,1-4H3,(H,25,27). The number of hydrogen-bond donors (Lipinski definition) is 1. The van der Waals surface area contributed by atoms with Gasteiger partial charge in [-0.25, -0.2) is 0 Å². The molecule has 0 saturated carbocycles. The van der Waals surface area contributed by atoms with Crippen LogP contribution in [0.25, 0.3) is 0 Å². The number of carbonyl (C=O) groups excluding carboxylic acids is 2. The summed E-state index contributed by atoms with van der Waals surface area (Å²) in [4.78, 5) is 26.6. The van der Waals surface area contributed by atoms with E-state index in [1.165, 1.54) is 6.07 Å². The third-order valence-electron chi connectivity index (χ3n) is 5.19. The lowest BCUT2D eigenvalue weighted by atomic mass is 9.85. The molecule has 0 bridgehead atoms. The number of carbonyl (C=O) groups is 2. The van der Waals surface area contributed by atoms with Crippen LogP contribution in [-0.4, -0.2) is 18.9 Å². The van der Waals surface area contributed by atoms with Gasteiger partial charge in [0.05, 0.1) is 17.0 Å². The van der Waals surface area contributed by atoms with Crippen molar-refractivity contribution in [2.45, 2.75) is 38.4 Å². The number of anilines is 1. The number of nitrogens with one attached hydrogen (secondary N) is 1. The summed E-state index contributed by atoms with van der Waals surface area (Å²) < 4.78 is 38.7. The Kier molecular flexibility index (Phi) is 4.73. The van der Waals surface area contributed by atoms with Gasteiger partial charge in [0.1, 0.15) is 0 Å². The zero-order valence-electron chi connectivity index (χ0n) is 16.0. The van der Waals surface area contributed by atoms with Crippen LogP contribution in [0.1, 0.15) is 53.9 Å². The molecule has 1 aliphatic heterocycles. The molecule has 28 heavy (non-hydrogen) atoms. The van der Waals surface area contributed by atoms with E-state index in [1.807, 2.05) is 0 Å². The van der Waals surface area contributed by atoms with E-state index in [-0.39, 0.29) is 5.91 Å². The highest BCUT2D eigenvalue weighted by Gasteiger charge is 2.42. The fourth-order valence-electron chi connectivity index (χ4n) is 3.46. The highest BCUT2D eigenvalue weighted by atomic mass is 19.4. The Morgan fingerprint density at radius 1 is 1.14 bits per heavy atom. The Labute approximate surface area is 161 Å². The van der Waals surface area contributed by atoms with E-state index >= 15 is 0 Å². The third-order valence-corrected chi connectivity index (χ3v) is 5.19. The van der Waals surface area contributed by atoms with Gasteiger partial charge in [0.2, 0.25) is 5.91 Å². The first-order valence-corrected chi connectivity index (χ1v) is 8.83. The van der Waals surface area contributed by atoms with E-state index in [0.29, 0.717) is 11.1 Å². The molecule has 0 saturated heterocycles. The van der Waals surface area contributed by atoms with Crippen molar-refractivity contribution in [2.75, 3.05) is 11.9 Å². The molecule has 0 aliphatic carbocycles. The average Bonchev–Trinajstić information content (AvgIpc) is 2.81. The van der Waals surface area contributed by atoms with E-state index in [2.05, 4.69) is 5.32 Å². The maximum atomic E-state index is 12.9. The van der Waals surface area contributed by atoms with E-state index in [9.17, 15) is 22.8 Å². The van der Waals surface area contributed by atoms with Gasteiger partial charge in [0.15, 0.2) is 0 Å². The molecule has 2 amide bonds. The van der Waals surface area contributed by atoms with Gasteiger partial charge in [-0.15, -0.1) is 0 Å². The Bertz CT molecular complexity index is 951. The summed E-state index contributed by atoms with van der Waals surface area (Å²) in [6, 6.07) is 9.27. The molecule has 1 unspecified atom stereocenters. The second-order valence-corrected chi connectivity index (χ2v) is 7.54. The number of rotatable bonds is 3. The summed E-state index contributed by atoms with van der Waals surface area (Å²) in [7, 11) is 1.69. The van der Waals surface area contributed by atoms with Crippen molar-refractivity contribution in [1.82, 2.24) is 5.32 Å². The number of halogens is 3. The Balaban J connectivity index is 1.83. The zero-order chi connectivity index (χ0) is 20.9. The van der Waals surface area contributed by atoms with Crippen LogP contribution in [0.4, 0.5) is 18.9 Å².